The van der Waals surface area contributed by atoms with Gasteiger partial charge >= 0.3 is 0 Å². The van der Waals surface area contributed by atoms with Crippen LogP contribution in [-0.4, -0.2) is 32.0 Å². The third-order valence-electron chi connectivity index (χ3n) is 4.80. The molecule has 2 N–H and O–H groups in total. The number of rotatable bonds is 6. The van der Waals surface area contributed by atoms with Crippen LogP contribution in [0.1, 0.15) is 50.9 Å². The molecule has 0 bridgehead atoms. The lowest BCUT2D eigenvalue weighted by molar-refractivity contribution is 0.427. The fourth-order valence-electron chi connectivity index (χ4n) is 3.28. The fourth-order valence-corrected chi connectivity index (χ4v) is 3.85. The number of aromatic nitrogens is 4. The van der Waals surface area contributed by atoms with Crippen LogP contribution in [-0.2, 0) is 12.8 Å². The van der Waals surface area contributed by atoms with Crippen molar-refractivity contribution in [3.63, 3.8) is 0 Å². The van der Waals surface area contributed by atoms with E-state index in [9.17, 15) is 0 Å². The smallest absolute Gasteiger partial charge is 0.148 e. The largest absolute Gasteiger partial charge is 0.366 e. The maximum atomic E-state index is 6.38. The maximum Gasteiger partial charge on any atom is 0.148 e. The second kappa shape index (κ2) is 11.8. The van der Waals surface area contributed by atoms with E-state index in [-0.39, 0.29) is 24.8 Å². The normalized spacial score (nSPS) is 18.6. The van der Waals surface area contributed by atoms with Crippen molar-refractivity contribution in [2.45, 2.75) is 64.5 Å². The van der Waals surface area contributed by atoms with Gasteiger partial charge in [-0.1, -0.05) is 37.0 Å². The van der Waals surface area contributed by atoms with Gasteiger partial charge in [0.15, 0.2) is 0 Å². The molecule has 156 valence electrons. The Morgan fingerprint density at radius 1 is 0.750 bits per heavy atom. The number of anilines is 2. The summed E-state index contributed by atoms with van der Waals surface area (Å²) in [5.41, 5.74) is 1.76. The van der Waals surface area contributed by atoms with Crippen molar-refractivity contribution in [2.24, 2.45) is 0 Å². The molecule has 0 radical (unpaired) electrons. The molecular weight excluding hydrogens is 442 g/mol. The van der Waals surface area contributed by atoms with Gasteiger partial charge in [-0.05, 0) is 38.5 Å². The van der Waals surface area contributed by atoms with Crippen LogP contribution in [0.15, 0.2) is 12.7 Å². The van der Waals surface area contributed by atoms with Gasteiger partial charge in [0.05, 0.1) is 11.4 Å². The van der Waals surface area contributed by atoms with Crippen LogP contribution in [0.4, 0.5) is 11.6 Å². The van der Waals surface area contributed by atoms with Crippen molar-refractivity contribution in [3.8, 4) is 0 Å². The van der Waals surface area contributed by atoms with Crippen molar-refractivity contribution in [2.75, 3.05) is 10.6 Å². The maximum absolute atomic E-state index is 6.38. The highest BCUT2D eigenvalue weighted by Gasteiger charge is 2.23. The number of hydrogen-bond acceptors (Lipinski definition) is 6. The molecule has 0 amide bonds. The number of halogens is 4. The van der Waals surface area contributed by atoms with E-state index in [1.54, 1.807) is 12.7 Å². The summed E-state index contributed by atoms with van der Waals surface area (Å²) in [7, 11) is 0. The minimum atomic E-state index is 0. The second-order valence-corrected chi connectivity index (χ2v) is 7.27. The predicted octanol–water partition coefficient (Wildman–Crippen LogP) is 5.38. The van der Waals surface area contributed by atoms with E-state index in [2.05, 4.69) is 30.6 Å². The molecular formula is C18H26Cl4N6. The minimum absolute atomic E-state index is 0. The fraction of sp³-hybridized carbons (Fsp3) is 0.556. The summed E-state index contributed by atoms with van der Waals surface area (Å²) in [5.74, 6) is 1.47. The summed E-state index contributed by atoms with van der Waals surface area (Å²) in [6.07, 6.45) is 8.86. The summed E-state index contributed by atoms with van der Waals surface area (Å²) >= 11 is 12.8. The monoisotopic (exact) mass is 466 g/mol. The average molecular weight is 468 g/mol. The molecule has 0 unspecified atom stereocenters. The van der Waals surface area contributed by atoms with Crippen molar-refractivity contribution in [1.82, 2.24) is 19.9 Å². The molecule has 0 spiro atoms. The highest BCUT2D eigenvalue weighted by atomic mass is 35.5. The third kappa shape index (κ3) is 5.96. The topological polar surface area (TPSA) is 75.6 Å². The summed E-state index contributed by atoms with van der Waals surface area (Å²) in [5, 5.41) is 8.22. The molecule has 2 aromatic heterocycles. The predicted molar refractivity (Wildman–Crippen MR) is 121 cm³/mol. The lowest BCUT2D eigenvalue weighted by Crippen LogP contribution is -2.33. The number of aryl methyl sites for hydroxylation is 2. The van der Waals surface area contributed by atoms with E-state index in [4.69, 9.17) is 23.2 Å². The molecule has 3 rings (SSSR count). The first-order chi connectivity index (χ1) is 12.6. The Bertz CT molecular complexity index is 689. The van der Waals surface area contributed by atoms with Crippen molar-refractivity contribution in [3.05, 3.63) is 34.1 Å². The SMILES string of the molecule is CCc1ncnc(NC2CCC(Nc3ncnc(CC)c3Cl)CC2)c1Cl.Cl.Cl. The Labute approximate surface area is 188 Å². The molecule has 6 nitrogen and oxygen atoms in total. The van der Waals surface area contributed by atoms with Gasteiger partial charge in [-0.25, -0.2) is 19.9 Å². The van der Waals surface area contributed by atoms with Gasteiger partial charge < -0.3 is 10.6 Å². The second-order valence-electron chi connectivity index (χ2n) is 6.51. The number of nitrogens with one attached hydrogen (secondary N) is 2. The first-order valence-corrected chi connectivity index (χ1v) is 9.89. The van der Waals surface area contributed by atoms with E-state index in [0.29, 0.717) is 22.1 Å². The summed E-state index contributed by atoms with van der Waals surface area (Å²) in [6.45, 7) is 4.08. The zero-order valence-electron chi connectivity index (χ0n) is 15.9. The van der Waals surface area contributed by atoms with Crippen LogP contribution in [0.2, 0.25) is 10.0 Å². The first kappa shape index (κ1) is 25.0. The molecule has 1 saturated carbocycles. The Balaban J connectivity index is 0.00000196. The van der Waals surface area contributed by atoms with Crippen LogP contribution in [0.25, 0.3) is 0 Å². The molecule has 0 atom stereocenters. The van der Waals surface area contributed by atoms with E-state index >= 15 is 0 Å². The molecule has 28 heavy (non-hydrogen) atoms. The van der Waals surface area contributed by atoms with Gasteiger partial charge in [0.1, 0.15) is 34.3 Å². The quantitative estimate of drug-likeness (QED) is 0.594. The van der Waals surface area contributed by atoms with Crippen LogP contribution >= 0.6 is 48.0 Å². The zero-order chi connectivity index (χ0) is 18.5. The zero-order valence-corrected chi connectivity index (χ0v) is 19.1. The highest BCUT2D eigenvalue weighted by Crippen LogP contribution is 2.29. The van der Waals surface area contributed by atoms with Gasteiger partial charge in [-0.2, -0.15) is 0 Å². The summed E-state index contributed by atoms with van der Waals surface area (Å²) in [6, 6.07) is 0.717. The van der Waals surface area contributed by atoms with E-state index in [0.717, 1.165) is 61.5 Å². The molecule has 1 aliphatic carbocycles. The molecule has 1 fully saturated rings. The lowest BCUT2D eigenvalue weighted by atomic mass is 9.91. The summed E-state index contributed by atoms with van der Waals surface area (Å²) < 4.78 is 0. The molecule has 0 saturated heterocycles. The van der Waals surface area contributed by atoms with E-state index < -0.39 is 0 Å². The standard InChI is InChI=1S/C18H24Cl2N6.2ClH/c1-3-13-15(19)17(23-9-21-13)25-11-5-7-12(8-6-11)26-18-16(20)14(4-2)22-10-24-18;;/h9-12H,3-8H2,1-2H3,(H,21,23,25)(H,22,24,26);2*1H. The Morgan fingerprint density at radius 2 is 1.11 bits per heavy atom. The van der Waals surface area contributed by atoms with Gasteiger partial charge in [-0.3, -0.25) is 0 Å². The lowest BCUT2D eigenvalue weighted by Gasteiger charge is -2.30. The molecule has 0 aromatic carbocycles. The number of hydrogen-bond donors (Lipinski definition) is 2. The molecule has 0 aliphatic heterocycles. The summed E-state index contributed by atoms with van der Waals surface area (Å²) in [4.78, 5) is 17.0. The van der Waals surface area contributed by atoms with Gasteiger partial charge in [0.25, 0.3) is 0 Å². The minimum Gasteiger partial charge on any atom is -0.366 e. The molecule has 2 aromatic rings. The Morgan fingerprint density at radius 3 is 1.43 bits per heavy atom. The van der Waals surface area contributed by atoms with Crippen LogP contribution in [0, 0.1) is 0 Å². The molecule has 10 heteroatoms. The Hall–Kier alpha value is -1.08. The van der Waals surface area contributed by atoms with Crippen LogP contribution < -0.4 is 10.6 Å². The van der Waals surface area contributed by atoms with E-state index in [1.807, 2.05) is 13.8 Å². The molecule has 1 aliphatic rings. The van der Waals surface area contributed by atoms with Crippen molar-refractivity contribution in [1.29, 1.82) is 0 Å². The third-order valence-corrected chi connectivity index (χ3v) is 5.60. The van der Waals surface area contributed by atoms with Gasteiger partial charge in [0, 0.05) is 12.1 Å². The Kier molecular flexibility index (Phi) is 10.5. The van der Waals surface area contributed by atoms with Crippen molar-refractivity contribution >= 4 is 59.7 Å². The first-order valence-electron chi connectivity index (χ1n) is 9.14. The van der Waals surface area contributed by atoms with Crippen LogP contribution in [0.3, 0.4) is 0 Å². The van der Waals surface area contributed by atoms with Crippen molar-refractivity contribution < 1.29 is 0 Å². The molecule has 2 heterocycles. The number of nitrogens with zero attached hydrogens (tertiary/aromatic N) is 4. The average Bonchev–Trinajstić information content (AvgIpc) is 2.66. The van der Waals surface area contributed by atoms with Gasteiger partial charge in [-0.15, -0.1) is 24.8 Å². The van der Waals surface area contributed by atoms with Gasteiger partial charge in [0.2, 0.25) is 0 Å². The highest BCUT2D eigenvalue weighted by molar-refractivity contribution is 6.33. The van der Waals surface area contributed by atoms with Crippen LogP contribution in [0.5, 0.6) is 0 Å². The van der Waals surface area contributed by atoms with E-state index in [1.165, 1.54) is 0 Å².